The van der Waals surface area contributed by atoms with E-state index in [-0.39, 0.29) is 17.6 Å². The number of carbonyl (C=O) groups is 3. The molecule has 98 valence electrons. The van der Waals surface area contributed by atoms with Crippen LogP contribution in [0, 0.1) is 17.8 Å². The Morgan fingerprint density at radius 3 is 2.28 bits per heavy atom. The zero-order valence-electron chi connectivity index (χ0n) is 10.5. The Hall–Kier alpha value is -1.65. The van der Waals surface area contributed by atoms with Crippen LogP contribution in [0.25, 0.3) is 0 Å². The largest absolute Gasteiger partial charge is 0.468 e. The van der Waals surface area contributed by atoms with Crippen LogP contribution in [0.5, 0.6) is 0 Å². The van der Waals surface area contributed by atoms with Crippen molar-refractivity contribution in [3.05, 3.63) is 11.6 Å². The predicted molar refractivity (Wildman–Crippen MR) is 61.4 cm³/mol. The molecule has 0 saturated heterocycles. The number of ketones is 1. The second-order valence-corrected chi connectivity index (χ2v) is 4.67. The molecule has 2 aliphatic carbocycles. The molecule has 0 heterocycles. The highest BCUT2D eigenvalue weighted by Gasteiger charge is 2.46. The van der Waals surface area contributed by atoms with Gasteiger partial charge in [-0.3, -0.25) is 14.4 Å². The molecule has 0 bridgehead atoms. The summed E-state index contributed by atoms with van der Waals surface area (Å²) in [5.74, 6) is -2.44. The number of rotatable bonds is 3. The number of hydrogen-bond acceptors (Lipinski definition) is 5. The van der Waals surface area contributed by atoms with Gasteiger partial charge in [0.25, 0.3) is 0 Å². The maximum absolute atomic E-state index is 11.8. The zero-order chi connectivity index (χ0) is 13.3. The smallest absolute Gasteiger partial charge is 0.324 e. The van der Waals surface area contributed by atoms with E-state index in [1.807, 2.05) is 0 Å². The molecule has 0 unspecified atom stereocenters. The number of esters is 2. The lowest BCUT2D eigenvalue weighted by Gasteiger charge is -2.19. The molecule has 0 spiro atoms. The van der Waals surface area contributed by atoms with Crippen molar-refractivity contribution in [3.8, 4) is 0 Å². The quantitative estimate of drug-likeness (QED) is 0.550. The fraction of sp³-hybridized carbons (Fsp3) is 0.615. The third-order valence-corrected chi connectivity index (χ3v) is 3.83. The Morgan fingerprint density at radius 2 is 1.72 bits per heavy atom. The minimum Gasteiger partial charge on any atom is -0.468 e. The van der Waals surface area contributed by atoms with Crippen LogP contribution in [0.3, 0.4) is 0 Å². The minimum absolute atomic E-state index is 0.000648. The lowest BCUT2D eigenvalue weighted by atomic mass is 9.86. The van der Waals surface area contributed by atoms with Gasteiger partial charge in [0.2, 0.25) is 0 Å². The third-order valence-electron chi connectivity index (χ3n) is 3.83. The van der Waals surface area contributed by atoms with Gasteiger partial charge in [0, 0.05) is 5.92 Å². The standard InChI is InChI=1S/C13H16O5/c1-17-12(15)11(13(16)18-2)9-6-10(14)8-5-3-4-7(8)9/h6-8,11H,3-5H2,1-2H3/t7-,8+/m0/s1. The molecule has 0 aromatic heterocycles. The molecular weight excluding hydrogens is 236 g/mol. The van der Waals surface area contributed by atoms with E-state index >= 15 is 0 Å². The SMILES string of the molecule is COC(=O)C(C(=O)OC)C1=CC(=O)[C@@H]2CCC[C@H]12. The summed E-state index contributed by atoms with van der Waals surface area (Å²) >= 11 is 0. The molecule has 5 nitrogen and oxygen atoms in total. The Labute approximate surface area is 105 Å². The van der Waals surface area contributed by atoms with Crippen molar-refractivity contribution in [1.29, 1.82) is 0 Å². The lowest BCUT2D eigenvalue weighted by molar-refractivity contribution is -0.157. The van der Waals surface area contributed by atoms with Gasteiger partial charge in [0.15, 0.2) is 11.7 Å². The highest BCUT2D eigenvalue weighted by atomic mass is 16.5. The van der Waals surface area contributed by atoms with Crippen LogP contribution in [0.2, 0.25) is 0 Å². The van der Waals surface area contributed by atoms with Gasteiger partial charge in [0.1, 0.15) is 0 Å². The average molecular weight is 252 g/mol. The van der Waals surface area contributed by atoms with Crippen molar-refractivity contribution in [3.63, 3.8) is 0 Å². The van der Waals surface area contributed by atoms with E-state index in [0.717, 1.165) is 19.3 Å². The Morgan fingerprint density at radius 1 is 1.17 bits per heavy atom. The summed E-state index contributed by atoms with van der Waals surface area (Å²) in [4.78, 5) is 35.3. The molecule has 0 aromatic rings. The normalized spacial score (nSPS) is 25.9. The monoisotopic (exact) mass is 252 g/mol. The zero-order valence-corrected chi connectivity index (χ0v) is 10.5. The average Bonchev–Trinajstić information content (AvgIpc) is 2.95. The van der Waals surface area contributed by atoms with Gasteiger partial charge in [0.05, 0.1) is 14.2 Å². The Balaban J connectivity index is 2.31. The van der Waals surface area contributed by atoms with Gasteiger partial charge in [-0.25, -0.2) is 0 Å². The molecule has 2 rings (SSSR count). The van der Waals surface area contributed by atoms with Crippen LogP contribution in [-0.4, -0.2) is 31.9 Å². The molecule has 18 heavy (non-hydrogen) atoms. The molecule has 0 N–H and O–H groups in total. The molecule has 0 aromatic carbocycles. The number of fused-ring (bicyclic) bond motifs is 1. The van der Waals surface area contributed by atoms with Gasteiger partial charge in [-0.15, -0.1) is 0 Å². The topological polar surface area (TPSA) is 69.7 Å². The first-order valence-electron chi connectivity index (χ1n) is 6.01. The summed E-state index contributed by atoms with van der Waals surface area (Å²) in [6, 6.07) is 0. The van der Waals surface area contributed by atoms with Crippen LogP contribution in [0.4, 0.5) is 0 Å². The van der Waals surface area contributed by atoms with Crippen LogP contribution >= 0.6 is 0 Å². The first kappa shape index (κ1) is 12.8. The van der Waals surface area contributed by atoms with Crippen molar-refractivity contribution >= 4 is 17.7 Å². The summed E-state index contributed by atoms with van der Waals surface area (Å²) in [6.07, 6.45) is 4.06. The second-order valence-electron chi connectivity index (χ2n) is 4.67. The van der Waals surface area contributed by atoms with Gasteiger partial charge < -0.3 is 9.47 Å². The maximum Gasteiger partial charge on any atom is 0.324 e. The van der Waals surface area contributed by atoms with Crippen LogP contribution in [0.15, 0.2) is 11.6 Å². The van der Waals surface area contributed by atoms with Crippen LogP contribution < -0.4 is 0 Å². The first-order chi connectivity index (χ1) is 8.60. The molecule has 2 atom stereocenters. The second kappa shape index (κ2) is 4.92. The third kappa shape index (κ3) is 1.94. The predicted octanol–water partition coefficient (Wildman–Crippen LogP) is 0.874. The highest BCUT2D eigenvalue weighted by Crippen LogP contribution is 2.45. The summed E-state index contributed by atoms with van der Waals surface area (Å²) < 4.78 is 9.28. The van der Waals surface area contributed by atoms with E-state index in [2.05, 4.69) is 9.47 Å². The fourth-order valence-corrected chi connectivity index (χ4v) is 2.98. The molecule has 0 amide bonds. The summed E-state index contributed by atoms with van der Waals surface area (Å²) in [6.45, 7) is 0. The molecule has 0 aliphatic heterocycles. The van der Waals surface area contributed by atoms with E-state index in [1.165, 1.54) is 20.3 Å². The summed E-state index contributed by atoms with van der Waals surface area (Å²) in [7, 11) is 2.45. The molecular formula is C13H16O5. The van der Waals surface area contributed by atoms with Crippen molar-refractivity contribution in [1.82, 2.24) is 0 Å². The fourth-order valence-electron chi connectivity index (χ4n) is 2.98. The van der Waals surface area contributed by atoms with E-state index in [9.17, 15) is 14.4 Å². The first-order valence-corrected chi connectivity index (χ1v) is 6.01. The van der Waals surface area contributed by atoms with Crippen LogP contribution in [0.1, 0.15) is 19.3 Å². The summed E-state index contributed by atoms with van der Waals surface area (Å²) in [5.41, 5.74) is 0.571. The minimum atomic E-state index is -1.09. The molecule has 1 saturated carbocycles. The number of carbonyl (C=O) groups excluding carboxylic acids is 3. The van der Waals surface area contributed by atoms with Crippen molar-refractivity contribution in [2.75, 3.05) is 14.2 Å². The number of methoxy groups -OCH3 is 2. The molecule has 5 heteroatoms. The Bertz CT molecular complexity index is 407. The molecule has 2 aliphatic rings. The van der Waals surface area contributed by atoms with E-state index in [0.29, 0.717) is 5.57 Å². The molecule has 1 fully saturated rings. The van der Waals surface area contributed by atoms with Gasteiger partial charge >= 0.3 is 11.9 Å². The number of ether oxygens (including phenoxy) is 2. The lowest BCUT2D eigenvalue weighted by Crippen LogP contribution is -2.30. The maximum atomic E-state index is 11.8. The van der Waals surface area contributed by atoms with Crippen LogP contribution in [-0.2, 0) is 23.9 Å². The van der Waals surface area contributed by atoms with Gasteiger partial charge in [-0.2, -0.15) is 0 Å². The summed E-state index contributed by atoms with van der Waals surface area (Å²) in [5, 5.41) is 0. The van der Waals surface area contributed by atoms with Crippen molar-refractivity contribution in [2.24, 2.45) is 17.8 Å². The number of allylic oxidation sites excluding steroid dienone is 1. The van der Waals surface area contributed by atoms with Gasteiger partial charge in [-0.1, -0.05) is 6.42 Å². The van der Waals surface area contributed by atoms with Crippen molar-refractivity contribution in [2.45, 2.75) is 19.3 Å². The molecule has 0 radical (unpaired) electrons. The highest BCUT2D eigenvalue weighted by molar-refractivity contribution is 6.03. The Kier molecular flexibility index (Phi) is 3.50. The van der Waals surface area contributed by atoms with Gasteiger partial charge in [-0.05, 0) is 30.4 Å². The number of hydrogen-bond donors (Lipinski definition) is 0. The van der Waals surface area contributed by atoms with E-state index in [1.54, 1.807) is 0 Å². The van der Waals surface area contributed by atoms with Crippen molar-refractivity contribution < 1.29 is 23.9 Å². The van der Waals surface area contributed by atoms with E-state index in [4.69, 9.17) is 0 Å². The van der Waals surface area contributed by atoms with E-state index < -0.39 is 17.9 Å².